The predicted octanol–water partition coefficient (Wildman–Crippen LogP) is 2.57. The molecule has 0 spiro atoms. The molecule has 5 nitrogen and oxygen atoms in total. The standard InChI is InChI=1S/C8H6ClNO4/c9-8(5-11)14-7-3-1-6(2-4-7)10(12)13/h1-5,11H/b8-5-. The van der Waals surface area contributed by atoms with Gasteiger partial charge in [0.15, 0.2) is 0 Å². The number of hydrogen-bond acceptors (Lipinski definition) is 4. The fraction of sp³-hybridized carbons (Fsp3) is 0. The van der Waals surface area contributed by atoms with E-state index in [9.17, 15) is 10.1 Å². The Kier molecular flexibility index (Phi) is 3.30. The van der Waals surface area contributed by atoms with Crippen LogP contribution in [-0.4, -0.2) is 10.0 Å². The fourth-order valence-corrected chi connectivity index (χ4v) is 0.864. The molecular weight excluding hydrogens is 210 g/mol. The first-order chi connectivity index (χ1) is 6.63. The first-order valence-electron chi connectivity index (χ1n) is 3.55. The summed E-state index contributed by atoms with van der Waals surface area (Å²) in [4.78, 5) is 9.76. The molecule has 1 rings (SSSR count). The third-order valence-corrected chi connectivity index (χ3v) is 1.54. The van der Waals surface area contributed by atoms with Crippen molar-refractivity contribution in [3.63, 3.8) is 0 Å². The molecule has 0 unspecified atom stereocenters. The molecule has 0 fully saturated rings. The summed E-state index contributed by atoms with van der Waals surface area (Å²) in [7, 11) is 0. The van der Waals surface area contributed by atoms with Gasteiger partial charge in [0.2, 0.25) is 5.22 Å². The maximum atomic E-state index is 10.3. The Hall–Kier alpha value is -1.75. The maximum Gasteiger partial charge on any atom is 0.269 e. The number of aliphatic hydroxyl groups excluding tert-OH is 1. The second-order valence-electron chi connectivity index (χ2n) is 2.29. The van der Waals surface area contributed by atoms with Crippen molar-refractivity contribution < 1.29 is 14.8 Å². The van der Waals surface area contributed by atoms with E-state index in [4.69, 9.17) is 21.4 Å². The van der Waals surface area contributed by atoms with Crippen LogP contribution in [0.15, 0.2) is 35.7 Å². The summed E-state index contributed by atoms with van der Waals surface area (Å²) in [6, 6.07) is 5.31. The van der Waals surface area contributed by atoms with Crippen LogP contribution in [0.25, 0.3) is 0 Å². The van der Waals surface area contributed by atoms with Crippen molar-refractivity contribution in [2.45, 2.75) is 0 Å². The van der Waals surface area contributed by atoms with Crippen molar-refractivity contribution in [2.24, 2.45) is 0 Å². The smallest absolute Gasteiger partial charge is 0.269 e. The van der Waals surface area contributed by atoms with Crippen molar-refractivity contribution >= 4 is 17.3 Å². The van der Waals surface area contributed by atoms with Crippen LogP contribution in [0.1, 0.15) is 0 Å². The molecule has 0 bridgehead atoms. The molecule has 1 aromatic carbocycles. The van der Waals surface area contributed by atoms with E-state index in [0.29, 0.717) is 12.0 Å². The minimum atomic E-state index is -0.521. The molecule has 0 aliphatic heterocycles. The molecule has 0 atom stereocenters. The van der Waals surface area contributed by atoms with E-state index in [-0.39, 0.29) is 10.9 Å². The van der Waals surface area contributed by atoms with E-state index in [2.05, 4.69) is 0 Å². The van der Waals surface area contributed by atoms with Crippen LogP contribution in [0, 0.1) is 10.1 Å². The highest BCUT2D eigenvalue weighted by atomic mass is 35.5. The number of nitrogens with zero attached hydrogens (tertiary/aromatic N) is 1. The van der Waals surface area contributed by atoms with Crippen LogP contribution in [0.5, 0.6) is 5.75 Å². The van der Waals surface area contributed by atoms with Gasteiger partial charge in [-0.25, -0.2) is 0 Å². The molecule has 0 aliphatic rings. The average Bonchev–Trinajstić information content (AvgIpc) is 2.18. The number of hydrogen-bond donors (Lipinski definition) is 1. The zero-order chi connectivity index (χ0) is 10.6. The van der Waals surface area contributed by atoms with Gasteiger partial charge < -0.3 is 9.84 Å². The minimum Gasteiger partial charge on any atom is -0.511 e. The van der Waals surface area contributed by atoms with Gasteiger partial charge in [-0.3, -0.25) is 10.1 Å². The fourth-order valence-electron chi connectivity index (χ4n) is 0.775. The summed E-state index contributed by atoms with van der Waals surface area (Å²) >= 11 is 5.36. The molecule has 6 heteroatoms. The Balaban J connectivity index is 2.79. The molecule has 0 aliphatic carbocycles. The van der Waals surface area contributed by atoms with Crippen LogP contribution >= 0.6 is 11.6 Å². The van der Waals surface area contributed by atoms with Gasteiger partial charge in [-0.1, -0.05) is 0 Å². The highest BCUT2D eigenvalue weighted by Crippen LogP contribution is 2.19. The number of nitro benzene ring substituents is 1. The Morgan fingerprint density at radius 2 is 2.07 bits per heavy atom. The van der Waals surface area contributed by atoms with E-state index in [1.165, 1.54) is 24.3 Å². The van der Waals surface area contributed by atoms with E-state index in [0.717, 1.165) is 0 Å². The van der Waals surface area contributed by atoms with Gasteiger partial charge in [-0.15, -0.1) is 0 Å². The third kappa shape index (κ3) is 2.63. The summed E-state index contributed by atoms with van der Waals surface area (Å²) in [5.74, 6) is 0.311. The van der Waals surface area contributed by atoms with Gasteiger partial charge in [0.25, 0.3) is 5.69 Å². The Morgan fingerprint density at radius 3 is 2.50 bits per heavy atom. The van der Waals surface area contributed by atoms with Crippen molar-refractivity contribution in [3.05, 3.63) is 45.9 Å². The Bertz CT molecular complexity index is 360. The van der Waals surface area contributed by atoms with Crippen LogP contribution in [-0.2, 0) is 0 Å². The number of ether oxygens (including phenoxy) is 1. The topological polar surface area (TPSA) is 72.6 Å². The number of rotatable bonds is 3. The highest BCUT2D eigenvalue weighted by molar-refractivity contribution is 6.28. The number of nitro groups is 1. The SMILES string of the molecule is O=[N+]([O-])c1ccc(O/C(Cl)=C\O)cc1. The minimum absolute atomic E-state index is 0.0403. The van der Waals surface area contributed by atoms with Crippen LogP contribution in [0.3, 0.4) is 0 Å². The summed E-state index contributed by atoms with van der Waals surface area (Å²) in [5.41, 5.74) is -0.0403. The van der Waals surface area contributed by atoms with E-state index < -0.39 is 4.92 Å². The maximum absolute atomic E-state index is 10.3. The predicted molar refractivity (Wildman–Crippen MR) is 50.3 cm³/mol. The number of non-ortho nitro benzene ring substituents is 1. The summed E-state index contributed by atoms with van der Waals surface area (Å²) in [6.45, 7) is 0. The van der Waals surface area contributed by atoms with Gasteiger partial charge in [-0.2, -0.15) is 0 Å². The Morgan fingerprint density at radius 1 is 1.50 bits per heavy atom. The Labute approximate surface area is 84.3 Å². The second kappa shape index (κ2) is 4.48. The van der Waals surface area contributed by atoms with Crippen molar-refractivity contribution in [3.8, 4) is 5.75 Å². The molecule has 1 aromatic rings. The monoisotopic (exact) mass is 215 g/mol. The van der Waals surface area contributed by atoms with Gasteiger partial charge in [0.1, 0.15) is 12.0 Å². The van der Waals surface area contributed by atoms with Gasteiger partial charge in [-0.05, 0) is 23.7 Å². The van der Waals surface area contributed by atoms with E-state index in [1.807, 2.05) is 0 Å². The molecule has 0 radical (unpaired) electrons. The first kappa shape index (κ1) is 10.3. The molecule has 0 amide bonds. The van der Waals surface area contributed by atoms with Crippen LogP contribution in [0.2, 0.25) is 0 Å². The lowest BCUT2D eigenvalue weighted by atomic mass is 10.3. The lowest BCUT2D eigenvalue weighted by molar-refractivity contribution is -0.384. The first-order valence-corrected chi connectivity index (χ1v) is 3.93. The third-order valence-electron chi connectivity index (χ3n) is 1.36. The van der Waals surface area contributed by atoms with Crippen LogP contribution < -0.4 is 4.74 Å². The van der Waals surface area contributed by atoms with Gasteiger partial charge in [0.05, 0.1) is 4.92 Å². The summed E-state index contributed by atoms with van der Waals surface area (Å²) in [6.07, 6.45) is 0.586. The zero-order valence-corrected chi connectivity index (χ0v) is 7.64. The molecular formula is C8H6ClNO4. The molecule has 1 N–H and O–H groups in total. The largest absolute Gasteiger partial charge is 0.511 e. The second-order valence-corrected chi connectivity index (χ2v) is 2.66. The molecule has 0 aromatic heterocycles. The molecule has 74 valence electrons. The molecule has 0 heterocycles. The molecule has 0 saturated heterocycles. The van der Waals surface area contributed by atoms with E-state index in [1.54, 1.807) is 0 Å². The van der Waals surface area contributed by atoms with E-state index >= 15 is 0 Å². The van der Waals surface area contributed by atoms with Crippen molar-refractivity contribution in [1.82, 2.24) is 0 Å². The average molecular weight is 216 g/mol. The lowest BCUT2D eigenvalue weighted by Crippen LogP contribution is -1.90. The zero-order valence-electron chi connectivity index (χ0n) is 6.88. The molecule has 14 heavy (non-hydrogen) atoms. The summed E-state index contributed by atoms with van der Waals surface area (Å²) < 4.78 is 4.85. The lowest BCUT2D eigenvalue weighted by Gasteiger charge is -2.01. The van der Waals surface area contributed by atoms with Gasteiger partial charge >= 0.3 is 0 Å². The van der Waals surface area contributed by atoms with Crippen LogP contribution in [0.4, 0.5) is 5.69 Å². The van der Waals surface area contributed by atoms with Crippen molar-refractivity contribution in [1.29, 1.82) is 0 Å². The van der Waals surface area contributed by atoms with Crippen molar-refractivity contribution in [2.75, 3.05) is 0 Å². The van der Waals surface area contributed by atoms with Gasteiger partial charge in [0, 0.05) is 12.1 Å². The number of halogens is 1. The number of benzene rings is 1. The highest BCUT2D eigenvalue weighted by Gasteiger charge is 2.04. The summed E-state index contributed by atoms with van der Waals surface area (Å²) in [5, 5.41) is 18.5. The normalized spacial score (nSPS) is 11.1. The quantitative estimate of drug-likeness (QED) is 0.478. The number of aliphatic hydroxyl groups is 1. The molecule has 0 saturated carbocycles.